The van der Waals surface area contributed by atoms with Crippen LogP contribution in [0.4, 0.5) is 0 Å². The van der Waals surface area contributed by atoms with Crippen LogP contribution in [0, 0.1) is 0 Å². The van der Waals surface area contributed by atoms with Crippen molar-refractivity contribution >= 4 is 0 Å². The van der Waals surface area contributed by atoms with Gasteiger partial charge >= 0.3 is 0 Å². The molecular formula is C17H27N3O. The van der Waals surface area contributed by atoms with Gasteiger partial charge in [0.1, 0.15) is 5.75 Å². The monoisotopic (exact) mass is 289 g/mol. The molecule has 0 spiro atoms. The second-order valence-electron chi connectivity index (χ2n) is 6.43. The van der Waals surface area contributed by atoms with Crippen molar-refractivity contribution in [1.29, 1.82) is 0 Å². The molecule has 2 saturated heterocycles. The summed E-state index contributed by atoms with van der Waals surface area (Å²) in [6.45, 7) is 6.84. The Labute approximate surface area is 127 Å². The summed E-state index contributed by atoms with van der Waals surface area (Å²) in [5, 5.41) is 10.6. The molecule has 2 aliphatic rings. The predicted octanol–water partition coefficient (Wildman–Crippen LogP) is 2.04. The molecule has 4 nitrogen and oxygen atoms in total. The topological polar surface area (TPSA) is 52.7 Å². The first-order valence-corrected chi connectivity index (χ1v) is 8.24. The highest BCUT2D eigenvalue weighted by molar-refractivity contribution is 5.44. The van der Waals surface area contributed by atoms with Crippen LogP contribution in [0.3, 0.4) is 0 Å². The summed E-state index contributed by atoms with van der Waals surface area (Å²) in [6, 6.07) is 4.17. The van der Waals surface area contributed by atoms with Gasteiger partial charge in [0.25, 0.3) is 0 Å². The first kappa shape index (κ1) is 14.8. The lowest BCUT2D eigenvalue weighted by Crippen LogP contribution is -2.21. The Hall–Kier alpha value is -1.10. The molecule has 4 heteroatoms. The van der Waals surface area contributed by atoms with Crippen molar-refractivity contribution < 1.29 is 5.11 Å². The van der Waals surface area contributed by atoms with E-state index in [0.717, 1.165) is 56.0 Å². The molecule has 2 fully saturated rings. The fraction of sp³-hybridized carbons (Fsp3) is 0.647. The lowest BCUT2D eigenvalue weighted by atomic mass is 10.0. The summed E-state index contributed by atoms with van der Waals surface area (Å²) < 4.78 is 0. The molecule has 2 heterocycles. The zero-order chi connectivity index (χ0) is 14.7. The van der Waals surface area contributed by atoms with E-state index >= 15 is 0 Å². The molecule has 3 N–H and O–H groups in total. The second-order valence-corrected chi connectivity index (χ2v) is 6.43. The zero-order valence-electron chi connectivity index (χ0n) is 12.9. The Balaban J connectivity index is 1.80. The molecule has 116 valence electrons. The Bertz CT molecular complexity index is 438. The van der Waals surface area contributed by atoms with E-state index in [9.17, 15) is 5.11 Å². The molecule has 21 heavy (non-hydrogen) atoms. The minimum absolute atomic E-state index is 0.492. The summed E-state index contributed by atoms with van der Waals surface area (Å²) in [4.78, 5) is 4.85. The SMILES string of the molecule is NCc1cc(CN2CCCC2)c(O)c(CN2CCCC2)c1. The third-order valence-corrected chi connectivity index (χ3v) is 4.75. The van der Waals surface area contributed by atoms with Crippen molar-refractivity contribution in [2.75, 3.05) is 26.2 Å². The van der Waals surface area contributed by atoms with Crippen LogP contribution < -0.4 is 5.73 Å². The summed E-state index contributed by atoms with van der Waals surface area (Å²) in [6.07, 6.45) is 5.10. The minimum Gasteiger partial charge on any atom is -0.507 e. The maximum Gasteiger partial charge on any atom is 0.124 e. The van der Waals surface area contributed by atoms with E-state index in [2.05, 4.69) is 21.9 Å². The molecule has 1 aromatic rings. The van der Waals surface area contributed by atoms with E-state index in [0.29, 0.717) is 12.3 Å². The molecule has 0 aliphatic carbocycles. The van der Waals surface area contributed by atoms with Crippen LogP contribution in [-0.2, 0) is 19.6 Å². The number of phenolic OH excluding ortho intramolecular Hbond substituents is 1. The van der Waals surface area contributed by atoms with Crippen molar-refractivity contribution in [3.63, 3.8) is 0 Å². The molecule has 0 radical (unpaired) electrons. The average molecular weight is 289 g/mol. The van der Waals surface area contributed by atoms with Gasteiger partial charge in [-0.3, -0.25) is 9.80 Å². The van der Waals surface area contributed by atoms with E-state index in [-0.39, 0.29) is 0 Å². The molecule has 0 saturated carbocycles. The van der Waals surface area contributed by atoms with Crippen LogP contribution >= 0.6 is 0 Å². The predicted molar refractivity (Wildman–Crippen MR) is 85.0 cm³/mol. The number of rotatable bonds is 5. The number of phenols is 1. The molecule has 0 amide bonds. The summed E-state index contributed by atoms with van der Waals surface area (Å²) in [5.41, 5.74) is 9.08. The molecule has 0 unspecified atom stereocenters. The molecule has 2 aliphatic heterocycles. The van der Waals surface area contributed by atoms with E-state index in [1.54, 1.807) is 0 Å². The number of nitrogens with zero attached hydrogens (tertiary/aromatic N) is 2. The Morgan fingerprint density at radius 3 is 1.67 bits per heavy atom. The normalized spacial score (nSPS) is 20.4. The molecule has 0 atom stereocenters. The number of hydrogen-bond acceptors (Lipinski definition) is 4. The molecule has 3 rings (SSSR count). The number of aromatic hydroxyl groups is 1. The molecular weight excluding hydrogens is 262 g/mol. The van der Waals surface area contributed by atoms with Crippen molar-refractivity contribution in [3.8, 4) is 5.75 Å². The van der Waals surface area contributed by atoms with Crippen LogP contribution in [0.1, 0.15) is 42.4 Å². The maximum absolute atomic E-state index is 10.6. The minimum atomic E-state index is 0.492. The lowest BCUT2D eigenvalue weighted by molar-refractivity contribution is 0.312. The summed E-state index contributed by atoms with van der Waals surface area (Å²) >= 11 is 0. The van der Waals surface area contributed by atoms with Crippen molar-refractivity contribution in [2.24, 2.45) is 5.73 Å². The standard InChI is InChI=1S/C17H27N3O/c18-11-14-9-15(12-19-5-1-2-6-19)17(21)16(10-14)13-20-7-3-4-8-20/h9-10,21H,1-8,11-13,18H2. The molecule has 0 bridgehead atoms. The van der Waals surface area contributed by atoms with Gasteiger partial charge in [0.05, 0.1) is 0 Å². The first-order valence-electron chi connectivity index (χ1n) is 8.24. The maximum atomic E-state index is 10.6. The van der Waals surface area contributed by atoms with Gasteiger partial charge in [0, 0.05) is 30.8 Å². The Morgan fingerprint density at radius 2 is 1.29 bits per heavy atom. The quantitative estimate of drug-likeness (QED) is 0.871. The number of hydrogen-bond donors (Lipinski definition) is 2. The van der Waals surface area contributed by atoms with Gasteiger partial charge in [-0.15, -0.1) is 0 Å². The average Bonchev–Trinajstić information content (AvgIpc) is 3.16. The van der Waals surface area contributed by atoms with Crippen LogP contribution in [0.25, 0.3) is 0 Å². The number of benzene rings is 1. The fourth-order valence-corrected chi connectivity index (χ4v) is 3.55. The van der Waals surface area contributed by atoms with E-state index in [1.807, 2.05) is 0 Å². The van der Waals surface area contributed by atoms with E-state index < -0.39 is 0 Å². The van der Waals surface area contributed by atoms with Gasteiger partial charge in [-0.05, 0) is 69.6 Å². The van der Waals surface area contributed by atoms with Crippen molar-refractivity contribution in [1.82, 2.24) is 9.80 Å². The van der Waals surface area contributed by atoms with Crippen LogP contribution in [0.2, 0.25) is 0 Å². The van der Waals surface area contributed by atoms with Gasteiger partial charge in [-0.2, -0.15) is 0 Å². The molecule has 0 aromatic heterocycles. The highest BCUT2D eigenvalue weighted by atomic mass is 16.3. The largest absolute Gasteiger partial charge is 0.507 e. The third kappa shape index (κ3) is 3.57. The Morgan fingerprint density at radius 1 is 0.857 bits per heavy atom. The van der Waals surface area contributed by atoms with Crippen LogP contribution in [0.15, 0.2) is 12.1 Å². The van der Waals surface area contributed by atoms with E-state index in [4.69, 9.17) is 5.73 Å². The van der Waals surface area contributed by atoms with Crippen molar-refractivity contribution in [3.05, 3.63) is 28.8 Å². The second kappa shape index (κ2) is 6.77. The van der Waals surface area contributed by atoms with E-state index in [1.165, 1.54) is 25.7 Å². The van der Waals surface area contributed by atoms with Crippen LogP contribution in [-0.4, -0.2) is 41.1 Å². The smallest absolute Gasteiger partial charge is 0.124 e. The summed E-state index contributed by atoms with van der Waals surface area (Å²) in [7, 11) is 0. The van der Waals surface area contributed by atoms with Crippen LogP contribution in [0.5, 0.6) is 5.75 Å². The third-order valence-electron chi connectivity index (χ3n) is 4.75. The number of nitrogens with two attached hydrogens (primary N) is 1. The van der Waals surface area contributed by atoms with Gasteiger partial charge < -0.3 is 10.8 Å². The van der Waals surface area contributed by atoms with Gasteiger partial charge in [-0.1, -0.05) is 0 Å². The summed E-state index contributed by atoms with van der Waals surface area (Å²) in [5.74, 6) is 0.492. The lowest BCUT2D eigenvalue weighted by Gasteiger charge is -2.21. The Kier molecular flexibility index (Phi) is 4.78. The van der Waals surface area contributed by atoms with Crippen molar-refractivity contribution in [2.45, 2.75) is 45.3 Å². The highest BCUT2D eigenvalue weighted by Crippen LogP contribution is 2.29. The fourth-order valence-electron chi connectivity index (χ4n) is 3.55. The highest BCUT2D eigenvalue weighted by Gasteiger charge is 2.19. The van der Waals surface area contributed by atoms with Gasteiger partial charge in [0.2, 0.25) is 0 Å². The number of likely N-dealkylation sites (tertiary alicyclic amines) is 2. The van der Waals surface area contributed by atoms with Gasteiger partial charge in [-0.25, -0.2) is 0 Å². The molecule has 1 aromatic carbocycles. The zero-order valence-corrected chi connectivity index (χ0v) is 12.9. The first-order chi connectivity index (χ1) is 10.3. The van der Waals surface area contributed by atoms with Gasteiger partial charge in [0.15, 0.2) is 0 Å².